The summed E-state index contributed by atoms with van der Waals surface area (Å²) in [5.74, 6) is 0.596. The van der Waals surface area contributed by atoms with Gasteiger partial charge in [-0.05, 0) is 51.3 Å². The van der Waals surface area contributed by atoms with Crippen LogP contribution in [-0.2, 0) is 11.3 Å². The van der Waals surface area contributed by atoms with Crippen LogP contribution in [0.1, 0.15) is 38.2 Å². The smallest absolute Gasteiger partial charge is 0.225 e. The van der Waals surface area contributed by atoms with Crippen LogP contribution in [0.5, 0.6) is 0 Å². The van der Waals surface area contributed by atoms with Crippen molar-refractivity contribution in [2.75, 3.05) is 26.7 Å². The molecule has 2 aliphatic heterocycles. The summed E-state index contributed by atoms with van der Waals surface area (Å²) in [4.78, 5) is 17.4. The van der Waals surface area contributed by atoms with E-state index in [0.29, 0.717) is 18.0 Å². The first-order chi connectivity index (χ1) is 11.6. The molecule has 0 aliphatic carbocycles. The summed E-state index contributed by atoms with van der Waals surface area (Å²) in [7, 11) is 2.02. The van der Waals surface area contributed by atoms with Crippen LogP contribution in [0.3, 0.4) is 0 Å². The Morgan fingerprint density at radius 1 is 1.21 bits per heavy atom. The van der Waals surface area contributed by atoms with E-state index < -0.39 is 0 Å². The van der Waals surface area contributed by atoms with Crippen molar-refractivity contribution in [1.82, 2.24) is 15.1 Å². The van der Waals surface area contributed by atoms with Crippen molar-refractivity contribution in [2.45, 2.75) is 51.2 Å². The predicted molar refractivity (Wildman–Crippen MR) is 97.7 cm³/mol. The second kappa shape index (κ2) is 8.13. The third kappa shape index (κ3) is 4.17. The van der Waals surface area contributed by atoms with Gasteiger partial charge in [-0.3, -0.25) is 9.69 Å². The van der Waals surface area contributed by atoms with E-state index in [-0.39, 0.29) is 5.92 Å². The van der Waals surface area contributed by atoms with Gasteiger partial charge in [0.2, 0.25) is 5.91 Å². The van der Waals surface area contributed by atoms with Gasteiger partial charge in [-0.2, -0.15) is 0 Å². The molecule has 1 aromatic carbocycles. The topological polar surface area (TPSA) is 35.6 Å². The van der Waals surface area contributed by atoms with Gasteiger partial charge in [0, 0.05) is 38.1 Å². The molecule has 2 saturated heterocycles. The van der Waals surface area contributed by atoms with E-state index >= 15 is 0 Å². The lowest BCUT2D eigenvalue weighted by Gasteiger charge is -2.42. The molecule has 1 amide bonds. The zero-order valence-corrected chi connectivity index (χ0v) is 15.1. The SMILES string of the molecule is CC1CC(N(C)C(=O)C2CCNCC2)CCN1Cc1ccccc1. The number of benzene rings is 1. The van der Waals surface area contributed by atoms with Gasteiger partial charge in [0.1, 0.15) is 0 Å². The van der Waals surface area contributed by atoms with Gasteiger partial charge in [0.25, 0.3) is 0 Å². The van der Waals surface area contributed by atoms with Gasteiger partial charge in [-0.25, -0.2) is 0 Å². The van der Waals surface area contributed by atoms with Gasteiger partial charge in [0.15, 0.2) is 0 Å². The Labute approximate surface area is 146 Å². The van der Waals surface area contributed by atoms with Crippen molar-refractivity contribution in [3.8, 4) is 0 Å². The molecule has 2 unspecified atom stereocenters. The lowest BCUT2D eigenvalue weighted by Crippen LogP contribution is -2.51. The molecule has 2 fully saturated rings. The molecule has 2 aliphatic rings. The van der Waals surface area contributed by atoms with E-state index in [1.54, 1.807) is 0 Å². The highest BCUT2D eigenvalue weighted by Crippen LogP contribution is 2.25. The number of nitrogens with one attached hydrogen (secondary N) is 1. The van der Waals surface area contributed by atoms with Crippen molar-refractivity contribution in [2.24, 2.45) is 5.92 Å². The fourth-order valence-corrected chi connectivity index (χ4v) is 4.14. The van der Waals surface area contributed by atoms with Crippen molar-refractivity contribution in [3.63, 3.8) is 0 Å². The molecular formula is C20H31N3O. The molecule has 0 aromatic heterocycles. The van der Waals surface area contributed by atoms with Crippen molar-refractivity contribution < 1.29 is 4.79 Å². The van der Waals surface area contributed by atoms with Crippen LogP contribution in [-0.4, -0.2) is 54.5 Å². The Morgan fingerprint density at radius 2 is 1.92 bits per heavy atom. The van der Waals surface area contributed by atoms with Gasteiger partial charge in [-0.15, -0.1) is 0 Å². The first kappa shape index (κ1) is 17.4. The molecule has 3 rings (SSSR count). The van der Waals surface area contributed by atoms with Crippen molar-refractivity contribution >= 4 is 5.91 Å². The van der Waals surface area contributed by atoms with E-state index in [0.717, 1.165) is 51.9 Å². The normalized spacial score (nSPS) is 26.2. The lowest BCUT2D eigenvalue weighted by atomic mass is 9.92. The first-order valence-corrected chi connectivity index (χ1v) is 9.40. The second-order valence-electron chi connectivity index (χ2n) is 7.46. The van der Waals surface area contributed by atoms with E-state index in [1.165, 1.54) is 5.56 Å². The average Bonchev–Trinajstić information content (AvgIpc) is 2.64. The quantitative estimate of drug-likeness (QED) is 0.922. The predicted octanol–water partition coefficient (Wildman–Crippen LogP) is 2.50. The number of hydrogen-bond acceptors (Lipinski definition) is 3. The van der Waals surface area contributed by atoms with Gasteiger partial charge >= 0.3 is 0 Å². The Hall–Kier alpha value is -1.39. The lowest BCUT2D eigenvalue weighted by molar-refractivity contribution is -0.138. The summed E-state index contributed by atoms with van der Waals surface area (Å²) in [5, 5.41) is 3.35. The molecule has 2 atom stereocenters. The summed E-state index contributed by atoms with van der Waals surface area (Å²) in [5.41, 5.74) is 1.38. The Balaban J connectivity index is 1.53. The number of hydrogen-bond donors (Lipinski definition) is 1. The fourth-order valence-electron chi connectivity index (χ4n) is 4.14. The van der Waals surface area contributed by atoms with Crippen LogP contribution in [0.4, 0.5) is 0 Å². The maximum Gasteiger partial charge on any atom is 0.225 e. The minimum absolute atomic E-state index is 0.230. The molecule has 2 heterocycles. The van der Waals surface area contributed by atoms with Gasteiger partial charge in [-0.1, -0.05) is 30.3 Å². The molecule has 1 aromatic rings. The van der Waals surface area contributed by atoms with Gasteiger partial charge < -0.3 is 10.2 Å². The molecule has 0 spiro atoms. The van der Waals surface area contributed by atoms with Crippen molar-refractivity contribution in [1.29, 1.82) is 0 Å². The molecular weight excluding hydrogens is 298 g/mol. The molecule has 0 saturated carbocycles. The molecule has 4 nitrogen and oxygen atoms in total. The summed E-state index contributed by atoms with van der Waals surface area (Å²) in [6, 6.07) is 11.6. The summed E-state index contributed by atoms with van der Waals surface area (Å²) >= 11 is 0. The van der Waals surface area contributed by atoms with Gasteiger partial charge in [0.05, 0.1) is 0 Å². The van der Waals surface area contributed by atoms with E-state index in [2.05, 4.69) is 52.4 Å². The Kier molecular flexibility index (Phi) is 5.90. The number of nitrogens with zero attached hydrogens (tertiary/aromatic N) is 2. The largest absolute Gasteiger partial charge is 0.342 e. The maximum atomic E-state index is 12.8. The van der Waals surface area contributed by atoms with E-state index in [1.807, 2.05) is 7.05 Å². The standard InChI is InChI=1S/C20H31N3O/c1-16-14-19(22(2)20(24)18-8-11-21-12-9-18)10-13-23(16)15-17-6-4-3-5-7-17/h3-7,16,18-19,21H,8-15H2,1-2H3. The first-order valence-electron chi connectivity index (χ1n) is 9.40. The Bertz CT molecular complexity index is 527. The number of likely N-dealkylation sites (tertiary alicyclic amines) is 1. The molecule has 0 radical (unpaired) electrons. The number of amides is 1. The highest BCUT2D eigenvalue weighted by molar-refractivity contribution is 5.79. The summed E-state index contributed by atoms with van der Waals surface area (Å²) < 4.78 is 0. The average molecular weight is 329 g/mol. The number of piperidine rings is 2. The third-order valence-electron chi connectivity index (χ3n) is 5.80. The second-order valence-corrected chi connectivity index (χ2v) is 7.46. The highest BCUT2D eigenvalue weighted by atomic mass is 16.2. The number of carbonyl (C=O) groups excluding carboxylic acids is 1. The zero-order chi connectivity index (χ0) is 16.9. The molecule has 132 valence electrons. The van der Waals surface area contributed by atoms with Crippen LogP contribution >= 0.6 is 0 Å². The summed E-state index contributed by atoms with van der Waals surface area (Å²) in [6.45, 7) is 6.36. The van der Waals surface area contributed by atoms with Crippen LogP contribution < -0.4 is 5.32 Å². The summed E-state index contributed by atoms with van der Waals surface area (Å²) in [6.07, 6.45) is 4.15. The number of rotatable bonds is 4. The molecule has 1 N–H and O–H groups in total. The Morgan fingerprint density at radius 3 is 2.58 bits per heavy atom. The third-order valence-corrected chi connectivity index (χ3v) is 5.80. The van der Waals surface area contributed by atoms with E-state index in [4.69, 9.17) is 0 Å². The minimum atomic E-state index is 0.230. The monoisotopic (exact) mass is 329 g/mol. The highest BCUT2D eigenvalue weighted by Gasteiger charge is 2.32. The van der Waals surface area contributed by atoms with Crippen LogP contribution in [0.2, 0.25) is 0 Å². The van der Waals surface area contributed by atoms with E-state index in [9.17, 15) is 4.79 Å². The zero-order valence-electron chi connectivity index (χ0n) is 15.1. The molecule has 0 bridgehead atoms. The van der Waals surface area contributed by atoms with Crippen LogP contribution in [0, 0.1) is 5.92 Å². The van der Waals surface area contributed by atoms with Crippen LogP contribution in [0.25, 0.3) is 0 Å². The number of carbonyl (C=O) groups is 1. The van der Waals surface area contributed by atoms with Crippen LogP contribution in [0.15, 0.2) is 30.3 Å². The van der Waals surface area contributed by atoms with Crippen molar-refractivity contribution in [3.05, 3.63) is 35.9 Å². The maximum absolute atomic E-state index is 12.8. The fraction of sp³-hybridized carbons (Fsp3) is 0.650. The molecule has 24 heavy (non-hydrogen) atoms. The minimum Gasteiger partial charge on any atom is -0.342 e. The molecule has 4 heteroatoms.